The number of nitrogens with one attached hydrogen (secondary N) is 1. The van der Waals surface area contributed by atoms with Crippen molar-refractivity contribution < 1.29 is 4.39 Å². The Kier molecular flexibility index (Phi) is 6.21. The molecule has 1 unspecified atom stereocenters. The molecule has 3 rings (SSSR count). The van der Waals surface area contributed by atoms with Crippen LogP contribution in [0.25, 0.3) is 11.0 Å². The summed E-state index contributed by atoms with van der Waals surface area (Å²) in [7, 11) is 0. The molecule has 0 aliphatic rings. The topological polar surface area (TPSA) is 28.7 Å². The van der Waals surface area contributed by atoms with E-state index in [0.717, 1.165) is 23.3 Å². The van der Waals surface area contributed by atoms with Crippen LogP contribution in [-0.4, -0.2) is 9.97 Å². The molecule has 0 saturated heterocycles. The van der Waals surface area contributed by atoms with Crippen molar-refractivity contribution in [3.05, 3.63) is 65.7 Å². The highest BCUT2D eigenvalue weighted by Crippen LogP contribution is 2.23. The molecular formula is C22H27FN2. The highest BCUT2D eigenvalue weighted by Gasteiger charge is 2.11. The summed E-state index contributed by atoms with van der Waals surface area (Å²) in [5.74, 6) is 1.15. The molecule has 0 fully saturated rings. The Hall–Kier alpha value is -2.16. The molecule has 0 spiro atoms. The second kappa shape index (κ2) is 8.80. The van der Waals surface area contributed by atoms with E-state index in [2.05, 4.69) is 47.2 Å². The first-order chi connectivity index (χ1) is 12.2. The van der Waals surface area contributed by atoms with Gasteiger partial charge in [-0.3, -0.25) is 0 Å². The predicted octanol–water partition coefficient (Wildman–Crippen LogP) is 6.39. The summed E-state index contributed by atoms with van der Waals surface area (Å²) in [5.41, 5.74) is 3.09. The lowest BCUT2D eigenvalue weighted by molar-refractivity contribution is 0.549. The summed E-state index contributed by atoms with van der Waals surface area (Å²) in [5, 5.41) is 0. The number of rotatable bonds is 9. The zero-order valence-electron chi connectivity index (χ0n) is 15.0. The van der Waals surface area contributed by atoms with Gasteiger partial charge in [0.05, 0.1) is 11.0 Å². The smallest absolute Gasteiger partial charge is 0.125 e. The van der Waals surface area contributed by atoms with Crippen molar-refractivity contribution in [1.29, 1.82) is 0 Å². The molecule has 0 saturated carbocycles. The number of aryl methyl sites for hydroxylation is 1. The third-order valence-electron chi connectivity index (χ3n) is 4.87. The van der Waals surface area contributed by atoms with E-state index in [-0.39, 0.29) is 5.82 Å². The average Bonchev–Trinajstić information content (AvgIpc) is 3.05. The summed E-state index contributed by atoms with van der Waals surface area (Å²) in [6.45, 7) is 2.20. The molecule has 1 atom stereocenters. The molecule has 0 radical (unpaired) electrons. The second-order valence-electron chi connectivity index (χ2n) is 6.98. The lowest BCUT2D eigenvalue weighted by atomic mass is 10.0. The zero-order valence-corrected chi connectivity index (χ0v) is 15.0. The van der Waals surface area contributed by atoms with E-state index in [0.29, 0.717) is 5.92 Å². The lowest BCUT2D eigenvalue weighted by Gasteiger charge is -2.08. The molecule has 3 heteroatoms. The Labute approximate surface area is 149 Å². The van der Waals surface area contributed by atoms with Gasteiger partial charge in [0.15, 0.2) is 0 Å². The fourth-order valence-electron chi connectivity index (χ4n) is 3.33. The highest BCUT2D eigenvalue weighted by molar-refractivity contribution is 5.75. The van der Waals surface area contributed by atoms with Crippen molar-refractivity contribution in [3.63, 3.8) is 0 Å². The van der Waals surface area contributed by atoms with Crippen LogP contribution in [0, 0.1) is 5.82 Å². The first-order valence-electron chi connectivity index (χ1n) is 9.41. The number of H-pyrrole nitrogens is 1. The molecule has 1 heterocycles. The number of aromatic amines is 1. The van der Waals surface area contributed by atoms with E-state index in [1.54, 1.807) is 6.07 Å². The first-order valence-corrected chi connectivity index (χ1v) is 9.41. The van der Waals surface area contributed by atoms with Gasteiger partial charge in [0.2, 0.25) is 0 Å². The number of aromatic nitrogens is 2. The molecule has 0 bridgehead atoms. The Bertz CT molecular complexity index is 779. The van der Waals surface area contributed by atoms with Crippen LogP contribution in [0.3, 0.4) is 0 Å². The SMILES string of the molecule is CC(CCCCCCCc1ccccc1)c1nc2ccc(F)cc2[nH]1. The summed E-state index contributed by atoms with van der Waals surface area (Å²) in [4.78, 5) is 7.86. The minimum atomic E-state index is -0.217. The molecule has 132 valence electrons. The predicted molar refractivity (Wildman–Crippen MR) is 102 cm³/mol. The first kappa shape index (κ1) is 17.7. The highest BCUT2D eigenvalue weighted by atomic mass is 19.1. The van der Waals surface area contributed by atoms with Gasteiger partial charge in [-0.05, 0) is 43.0 Å². The van der Waals surface area contributed by atoms with E-state index in [1.165, 1.54) is 56.2 Å². The minimum Gasteiger partial charge on any atom is -0.342 e. The van der Waals surface area contributed by atoms with Crippen LogP contribution in [0.5, 0.6) is 0 Å². The fourth-order valence-corrected chi connectivity index (χ4v) is 3.33. The normalized spacial score (nSPS) is 12.6. The molecule has 0 aliphatic carbocycles. The lowest BCUT2D eigenvalue weighted by Crippen LogP contribution is -1.96. The van der Waals surface area contributed by atoms with E-state index in [9.17, 15) is 4.39 Å². The summed E-state index contributed by atoms with van der Waals surface area (Å²) in [6.07, 6.45) is 8.67. The van der Waals surface area contributed by atoms with Gasteiger partial charge in [-0.15, -0.1) is 0 Å². The van der Waals surface area contributed by atoms with Crippen LogP contribution in [0.4, 0.5) is 4.39 Å². The molecule has 25 heavy (non-hydrogen) atoms. The van der Waals surface area contributed by atoms with Crippen LogP contribution in [0.15, 0.2) is 48.5 Å². The van der Waals surface area contributed by atoms with Crippen LogP contribution in [-0.2, 0) is 6.42 Å². The van der Waals surface area contributed by atoms with Gasteiger partial charge in [-0.25, -0.2) is 9.37 Å². The van der Waals surface area contributed by atoms with Gasteiger partial charge in [-0.2, -0.15) is 0 Å². The summed E-state index contributed by atoms with van der Waals surface area (Å²) < 4.78 is 13.3. The number of unbranched alkanes of at least 4 members (excludes halogenated alkanes) is 4. The molecule has 2 aromatic carbocycles. The number of fused-ring (bicyclic) bond motifs is 1. The average molecular weight is 338 g/mol. The van der Waals surface area contributed by atoms with Crippen LogP contribution in [0.2, 0.25) is 0 Å². The molecule has 1 N–H and O–H groups in total. The Morgan fingerprint density at radius 1 is 0.960 bits per heavy atom. The Morgan fingerprint density at radius 3 is 2.56 bits per heavy atom. The van der Waals surface area contributed by atoms with Crippen LogP contribution < -0.4 is 0 Å². The van der Waals surface area contributed by atoms with Crippen LogP contribution in [0.1, 0.15) is 62.8 Å². The second-order valence-corrected chi connectivity index (χ2v) is 6.98. The van der Waals surface area contributed by atoms with E-state index in [1.807, 2.05) is 0 Å². The summed E-state index contributed by atoms with van der Waals surface area (Å²) in [6, 6.07) is 15.4. The number of halogens is 1. The molecule has 0 aliphatic heterocycles. The number of imidazole rings is 1. The van der Waals surface area contributed by atoms with Crippen LogP contribution >= 0.6 is 0 Å². The third kappa shape index (κ3) is 5.15. The van der Waals surface area contributed by atoms with Gasteiger partial charge in [0.1, 0.15) is 11.6 Å². The third-order valence-corrected chi connectivity index (χ3v) is 4.87. The van der Waals surface area contributed by atoms with Crippen molar-refractivity contribution in [3.8, 4) is 0 Å². The van der Waals surface area contributed by atoms with Gasteiger partial charge in [-0.1, -0.05) is 62.9 Å². The molecule has 1 aromatic heterocycles. The molecule has 3 aromatic rings. The van der Waals surface area contributed by atoms with Gasteiger partial charge < -0.3 is 4.98 Å². The fraction of sp³-hybridized carbons (Fsp3) is 0.409. The maximum absolute atomic E-state index is 13.3. The molecule has 2 nitrogen and oxygen atoms in total. The largest absolute Gasteiger partial charge is 0.342 e. The Morgan fingerprint density at radius 2 is 1.72 bits per heavy atom. The number of hydrogen-bond donors (Lipinski definition) is 1. The van der Waals surface area contributed by atoms with Crippen molar-refractivity contribution in [1.82, 2.24) is 9.97 Å². The van der Waals surface area contributed by atoms with Gasteiger partial charge in [0, 0.05) is 5.92 Å². The quantitative estimate of drug-likeness (QED) is 0.450. The van der Waals surface area contributed by atoms with Gasteiger partial charge >= 0.3 is 0 Å². The zero-order chi connectivity index (χ0) is 17.5. The molecular weight excluding hydrogens is 311 g/mol. The van der Waals surface area contributed by atoms with Crippen molar-refractivity contribution >= 4 is 11.0 Å². The van der Waals surface area contributed by atoms with Crippen molar-refractivity contribution in [2.45, 2.75) is 57.8 Å². The number of nitrogens with zero attached hydrogens (tertiary/aromatic N) is 1. The summed E-state index contributed by atoms with van der Waals surface area (Å²) >= 11 is 0. The van der Waals surface area contributed by atoms with Crippen molar-refractivity contribution in [2.24, 2.45) is 0 Å². The Balaban J connectivity index is 1.34. The van der Waals surface area contributed by atoms with Crippen molar-refractivity contribution in [2.75, 3.05) is 0 Å². The van der Waals surface area contributed by atoms with Gasteiger partial charge in [0.25, 0.3) is 0 Å². The van der Waals surface area contributed by atoms with E-state index >= 15 is 0 Å². The number of hydrogen-bond acceptors (Lipinski definition) is 1. The maximum Gasteiger partial charge on any atom is 0.125 e. The maximum atomic E-state index is 13.3. The molecule has 0 amide bonds. The monoisotopic (exact) mass is 338 g/mol. The minimum absolute atomic E-state index is 0.217. The number of benzene rings is 2. The standard InChI is InChI=1S/C22H27FN2/c1-17(22-24-20-15-14-19(23)16-21(20)25-22)10-6-3-2-4-7-11-18-12-8-5-9-13-18/h5,8-9,12-17H,2-4,6-7,10-11H2,1H3,(H,24,25). The van der Waals surface area contributed by atoms with E-state index in [4.69, 9.17) is 0 Å². The van der Waals surface area contributed by atoms with E-state index < -0.39 is 0 Å².